The Bertz CT molecular complexity index is 257. The molecule has 0 spiro atoms. The molecule has 2 bridgehead atoms. The van der Waals surface area contributed by atoms with Gasteiger partial charge in [0.05, 0.1) is 0 Å². The van der Waals surface area contributed by atoms with Crippen LogP contribution in [0.5, 0.6) is 0 Å². The second-order valence-corrected chi connectivity index (χ2v) is 6.83. The first-order valence-corrected chi connectivity index (χ1v) is 8.62. The second-order valence-electron chi connectivity index (χ2n) is 6.83. The zero-order chi connectivity index (χ0) is 14.2. The fraction of sp³-hybridized carbons (Fsp3) is 1.00. The van der Waals surface area contributed by atoms with Gasteiger partial charge in [-0.25, -0.2) is 0 Å². The van der Waals surface area contributed by atoms with Crippen LogP contribution in [0.1, 0.15) is 26.7 Å². The van der Waals surface area contributed by atoms with Crippen molar-refractivity contribution in [2.24, 2.45) is 5.92 Å². The third-order valence-corrected chi connectivity index (χ3v) is 4.47. The molecule has 1 N–H and O–H groups in total. The molecule has 4 heteroatoms. The summed E-state index contributed by atoms with van der Waals surface area (Å²) in [6, 6.07) is 0. The van der Waals surface area contributed by atoms with Crippen LogP contribution in [0.2, 0.25) is 0 Å². The molecule has 0 aromatic carbocycles. The van der Waals surface area contributed by atoms with Crippen LogP contribution in [-0.2, 0) is 0 Å². The zero-order valence-corrected chi connectivity index (χ0v) is 13.6. The van der Waals surface area contributed by atoms with Gasteiger partial charge in [-0.2, -0.15) is 0 Å². The summed E-state index contributed by atoms with van der Waals surface area (Å²) in [6.07, 6.45) is 2.62. The number of hydrogen-bond acceptors (Lipinski definition) is 4. The Morgan fingerprint density at radius 3 is 2.25 bits per heavy atom. The molecule has 118 valence electrons. The lowest BCUT2D eigenvalue weighted by atomic mass is 10.2. The number of nitrogens with zero attached hydrogens (tertiary/aromatic N) is 3. The maximum Gasteiger partial charge on any atom is 0.0110 e. The molecule has 2 rings (SSSR count). The molecule has 2 unspecified atom stereocenters. The van der Waals surface area contributed by atoms with Crippen LogP contribution in [0, 0.1) is 5.92 Å². The average Bonchev–Trinajstić information content (AvgIpc) is 2.43. The largest absolute Gasteiger partial charge is 0.315 e. The molecule has 4 nitrogen and oxygen atoms in total. The minimum Gasteiger partial charge on any atom is -0.315 e. The molecule has 2 atom stereocenters. The van der Waals surface area contributed by atoms with Crippen LogP contribution in [0.4, 0.5) is 0 Å². The normalized spacial score (nSPS) is 31.4. The van der Waals surface area contributed by atoms with E-state index in [4.69, 9.17) is 0 Å². The quantitative estimate of drug-likeness (QED) is 0.814. The van der Waals surface area contributed by atoms with Gasteiger partial charge < -0.3 is 20.0 Å². The maximum atomic E-state index is 3.58. The molecule has 0 radical (unpaired) electrons. The third-order valence-electron chi connectivity index (χ3n) is 4.47. The summed E-state index contributed by atoms with van der Waals surface area (Å²) in [5, 5.41) is 3.58. The molecular weight excluding hydrogens is 248 g/mol. The van der Waals surface area contributed by atoms with E-state index in [0.29, 0.717) is 0 Å². The van der Waals surface area contributed by atoms with Gasteiger partial charge in [0.15, 0.2) is 0 Å². The molecule has 2 saturated heterocycles. The summed E-state index contributed by atoms with van der Waals surface area (Å²) in [4.78, 5) is 8.02. The molecule has 0 aromatic heterocycles. The minimum atomic E-state index is 0.783. The lowest BCUT2D eigenvalue weighted by Gasteiger charge is -2.34. The molecule has 2 heterocycles. The summed E-state index contributed by atoms with van der Waals surface area (Å²) in [5.41, 5.74) is 0. The van der Waals surface area contributed by atoms with Gasteiger partial charge in [-0.3, -0.25) is 0 Å². The fourth-order valence-corrected chi connectivity index (χ4v) is 3.36. The molecule has 2 aliphatic rings. The van der Waals surface area contributed by atoms with Crippen molar-refractivity contribution < 1.29 is 0 Å². The second kappa shape index (κ2) is 8.98. The van der Waals surface area contributed by atoms with Crippen molar-refractivity contribution in [1.82, 2.24) is 20.0 Å². The molecule has 2 aliphatic heterocycles. The van der Waals surface area contributed by atoms with E-state index in [1.165, 1.54) is 78.3 Å². The van der Waals surface area contributed by atoms with E-state index >= 15 is 0 Å². The van der Waals surface area contributed by atoms with Gasteiger partial charge in [-0.1, -0.05) is 13.8 Å². The van der Waals surface area contributed by atoms with Crippen molar-refractivity contribution in [2.75, 3.05) is 72.0 Å². The summed E-state index contributed by atoms with van der Waals surface area (Å²) in [7, 11) is 0. The third kappa shape index (κ3) is 6.08. The van der Waals surface area contributed by atoms with Gasteiger partial charge in [-0.05, 0) is 44.9 Å². The summed E-state index contributed by atoms with van der Waals surface area (Å²) < 4.78 is 0. The molecule has 2 fully saturated rings. The first kappa shape index (κ1) is 16.2. The highest BCUT2D eigenvalue weighted by atomic mass is 15.2. The van der Waals surface area contributed by atoms with Crippen molar-refractivity contribution in [1.29, 1.82) is 0 Å². The predicted octanol–water partition coefficient (Wildman–Crippen LogP) is 0.945. The van der Waals surface area contributed by atoms with E-state index in [9.17, 15) is 0 Å². The average molecular weight is 282 g/mol. The van der Waals surface area contributed by atoms with E-state index < -0.39 is 0 Å². The molecule has 20 heavy (non-hydrogen) atoms. The fourth-order valence-electron chi connectivity index (χ4n) is 3.36. The Hall–Kier alpha value is -0.160. The maximum absolute atomic E-state index is 3.58. The number of rotatable bonds is 2. The Morgan fingerprint density at radius 2 is 1.45 bits per heavy atom. The van der Waals surface area contributed by atoms with Gasteiger partial charge in [0.1, 0.15) is 0 Å². The van der Waals surface area contributed by atoms with E-state index in [1.54, 1.807) is 0 Å². The van der Waals surface area contributed by atoms with E-state index in [0.717, 1.165) is 12.5 Å². The van der Waals surface area contributed by atoms with E-state index in [1.807, 2.05) is 0 Å². The predicted molar refractivity (Wildman–Crippen MR) is 86.3 cm³/mol. The Kier molecular flexibility index (Phi) is 7.28. The van der Waals surface area contributed by atoms with Crippen LogP contribution >= 0.6 is 0 Å². The van der Waals surface area contributed by atoms with Crippen molar-refractivity contribution in [3.8, 4) is 0 Å². The lowest BCUT2D eigenvalue weighted by Crippen LogP contribution is -2.46. The van der Waals surface area contributed by atoms with Crippen LogP contribution < -0.4 is 5.32 Å². The summed E-state index contributed by atoms with van der Waals surface area (Å²) in [5.74, 6) is 0.783. The van der Waals surface area contributed by atoms with Crippen molar-refractivity contribution in [3.63, 3.8) is 0 Å². The highest BCUT2D eigenvalue weighted by Gasteiger charge is 2.16. The Labute approximate surface area is 125 Å². The highest BCUT2D eigenvalue weighted by molar-refractivity contribution is 4.73. The summed E-state index contributed by atoms with van der Waals surface area (Å²) >= 11 is 0. The molecule has 0 saturated carbocycles. The number of nitrogens with one attached hydrogen (secondary N) is 1. The topological polar surface area (TPSA) is 21.8 Å². The van der Waals surface area contributed by atoms with Gasteiger partial charge in [0.2, 0.25) is 0 Å². The molecule has 0 aromatic rings. The SMILES string of the molecule is CC(C)CN1CCCN2CCNCCCN(CC2)CC1. The van der Waals surface area contributed by atoms with Crippen LogP contribution in [0.25, 0.3) is 0 Å². The smallest absolute Gasteiger partial charge is 0.0110 e. The van der Waals surface area contributed by atoms with Gasteiger partial charge >= 0.3 is 0 Å². The van der Waals surface area contributed by atoms with Gasteiger partial charge in [0, 0.05) is 45.8 Å². The van der Waals surface area contributed by atoms with Crippen molar-refractivity contribution in [3.05, 3.63) is 0 Å². The highest BCUT2D eigenvalue weighted by Crippen LogP contribution is 2.05. The number of fused-ring (bicyclic) bond motifs is 3. The first-order chi connectivity index (χ1) is 9.74. The zero-order valence-electron chi connectivity index (χ0n) is 13.6. The minimum absolute atomic E-state index is 0.783. The molecule has 0 amide bonds. The van der Waals surface area contributed by atoms with Crippen LogP contribution in [0.3, 0.4) is 0 Å². The van der Waals surface area contributed by atoms with Gasteiger partial charge in [0.25, 0.3) is 0 Å². The molecule has 0 aliphatic carbocycles. The van der Waals surface area contributed by atoms with Crippen molar-refractivity contribution >= 4 is 0 Å². The Balaban J connectivity index is 1.92. The van der Waals surface area contributed by atoms with E-state index in [2.05, 4.69) is 33.9 Å². The number of hydrogen-bond donors (Lipinski definition) is 1. The van der Waals surface area contributed by atoms with E-state index in [-0.39, 0.29) is 0 Å². The van der Waals surface area contributed by atoms with Crippen LogP contribution in [-0.4, -0.2) is 86.7 Å². The lowest BCUT2D eigenvalue weighted by molar-refractivity contribution is 0.137. The Morgan fingerprint density at radius 1 is 0.750 bits per heavy atom. The standard InChI is InChI=1S/C16H34N4/c1-16(2)15-20-9-4-8-18-10-6-17-5-3-7-19(12-11-18)13-14-20/h16-17H,3-15H2,1-2H3. The first-order valence-electron chi connectivity index (χ1n) is 8.62. The monoisotopic (exact) mass is 282 g/mol. The van der Waals surface area contributed by atoms with Crippen molar-refractivity contribution in [2.45, 2.75) is 26.7 Å². The van der Waals surface area contributed by atoms with Gasteiger partial charge in [-0.15, -0.1) is 0 Å². The molecular formula is C16H34N4. The summed E-state index contributed by atoms with van der Waals surface area (Å²) in [6.45, 7) is 18.3. The van der Waals surface area contributed by atoms with Crippen LogP contribution in [0.15, 0.2) is 0 Å².